The molecule has 11 heteroatoms. The molecule has 1 aliphatic rings. The van der Waals surface area contributed by atoms with E-state index >= 15 is 0 Å². The minimum atomic E-state index is -2.30. The molecule has 1 aliphatic heterocycles. The number of anilines is 2. The van der Waals surface area contributed by atoms with Crippen LogP contribution in [0.4, 0.5) is 33.3 Å². The van der Waals surface area contributed by atoms with Crippen LogP contribution in [0.3, 0.4) is 0 Å². The van der Waals surface area contributed by atoms with Gasteiger partial charge in [0.05, 0.1) is 6.54 Å². The van der Waals surface area contributed by atoms with E-state index in [4.69, 9.17) is 12.2 Å². The monoisotopic (exact) mass is 465 g/mol. The fourth-order valence-electron chi connectivity index (χ4n) is 2.48. The molecule has 0 aliphatic carbocycles. The van der Waals surface area contributed by atoms with Gasteiger partial charge in [-0.2, -0.15) is 0 Å². The van der Waals surface area contributed by atoms with Crippen LogP contribution in [0.2, 0.25) is 0 Å². The zero-order valence-corrected chi connectivity index (χ0v) is 15.6. The fraction of sp³-hybridized carbons (Fsp3) is 0.125. The quantitative estimate of drug-likeness (QED) is 0.306. The van der Waals surface area contributed by atoms with Gasteiger partial charge in [-0.15, -0.1) is 0 Å². The van der Waals surface area contributed by atoms with E-state index in [-0.39, 0.29) is 18.1 Å². The summed E-state index contributed by atoms with van der Waals surface area (Å²) >= 11 is 8.39. The molecule has 1 N–H and O–H groups in total. The topological polar surface area (TPSA) is 35.6 Å². The molecular weight excluding hydrogens is 457 g/mol. The summed E-state index contributed by atoms with van der Waals surface area (Å²) in [7, 11) is 0. The largest absolute Gasteiger partial charge is 0.331 e. The number of thiocarbonyl (C=S) groups is 1. The Hall–Kier alpha value is -2.27. The highest BCUT2D eigenvalue weighted by Crippen LogP contribution is 2.33. The Morgan fingerprint density at radius 2 is 1.48 bits per heavy atom. The summed E-state index contributed by atoms with van der Waals surface area (Å²) in [6.45, 7) is -0.0965. The highest BCUT2D eigenvalue weighted by atomic mass is 79.9. The van der Waals surface area contributed by atoms with E-state index in [0.29, 0.717) is 10.7 Å². The second-order valence-corrected chi connectivity index (χ2v) is 6.74. The molecule has 27 heavy (non-hydrogen) atoms. The first-order valence-electron chi connectivity index (χ1n) is 7.40. The third-order valence-electron chi connectivity index (χ3n) is 3.74. The van der Waals surface area contributed by atoms with Crippen LogP contribution in [-0.4, -0.2) is 22.6 Å². The summed E-state index contributed by atoms with van der Waals surface area (Å²) in [4.78, 5) is 12.1. The summed E-state index contributed by atoms with van der Waals surface area (Å²) in [5, 5.41) is 3.91. The highest BCUT2D eigenvalue weighted by Gasteiger charge is 2.39. The van der Waals surface area contributed by atoms with Crippen molar-refractivity contribution in [1.82, 2.24) is 5.01 Å². The number of halogens is 6. The Morgan fingerprint density at radius 1 is 0.963 bits per heavy atom. The lowest BCUT2D eigenvalue weighted by atomic mass is 10.2. The Kier molecular flexibility index (Phi) is 5.33. The molecule has 0 aromatic heterocycles. The Morgan fingerprint density at radius 3 is 2.04 bits per heavy atom. The van der Waals surface area contributed by atoms with Crippen LogP contribution in [0, 0.1) is 29.1 Å². The number of hydrogen-bond acceptors (Lipinski definition) is 2. The summed E-state index contributed by atoms with van der Waals surface area (Å²) < 4.78 is 69.4. The minimum Gasteiger partial charge on any atom is -0.331 e. The van der Waals surface area contributed by atoms with E-state index in [2.05, 4.69) is 21.2 Å². The van der Waals surface area contributed by atoms with Gasteiger partial charge in [0.25, 0.3) is 0 Å². The Labute approximate surface area is 163 Å². The first kappa shape index (κ1) is 19.5. The first-order valence-corrected chi connectivity index (χ1v) is 8.61. The SMILES string of the molecule is O=C1CCN(C(=S)Nc2ccc(Br)cc2)N1c1c(F)c(F)c(F)c(F)c1F. The lowest BCUT2D eigenvalue weighted by Crippen LogP contribution is -2.46. The maximum atomic E-state index is 14.1. The van der Waals surface area contributed by atoms with Crippen molar-refractivity contribution in [2.75, 3.05) is 16.9 Å². The van der Waals surface area contributed by atoms with E-state index in [0.717, 1.165) is 9.48 Å². The predicted molar refractivity (Wildman–Crippen MR) is 95.4 cm³/mol. The molecule has 0 unspecified atom stereocenters. The molecular formula is C16H9BrF5N3OS. The van der Waals surface area contributed by atoms with Crippen molar-refractivity contribution < 1.29 is 26.7 Å². The van der Waals surface area contributed by atoms with Crippen molar-refractivity contribution in [3.63, 3.8) is 0 Å². The second kappa shape index (κ2) is 7.39. The van der Waals surface area contributed by atoms with Crippen LogP contribution in [0.1, 0.15) is 6.42 Å². The fourth-order valence-corrected chi connectivity index (χ4v) is 3.04. The molecule has 4 nitrogen and oxygen atoms in total. The number of nitrogens with zero attached hydrogens (tertiary/aromatic N) is 2. The summed E-state index contributed by atoms with van der Waals surface area (Å²) in [5.74, 6) is -11.7. The average Bonchev–Trinajstić information content (AvgIpc) is 3.02. The van der Waals surface area contributed by atoms with E-state index in [9.17, 15) is 26.7 Å². The lowest BCUT2D eigenvalue weighted by molar-refractivity contribution is -0.117. The van der Waals surface area contributed by atoms with E-state index in [1.807, 2.05) is 0 Å². The van der Waals surface area contributed by atoms with Crippen LogP contribution in [0.5, 0.6) is 0 Å². The molecule has 1 heterocycles. The molecule has 0 radical (unpaired) electrons. The molecule has 0 saturated carbocycles. The number of carbonyl (C=O) groups excluding carboxylic acids is 1. The van der Waals surface area contributed by atoms with Gasteiger partial charge in [0, 0.05) is 16.6 Å². The molecule has 3 rings (SSSR count). The third-order valence-corrected chi connectivity index (χ3v) is 4.58. The van der Waals surface area contributed by atoms with Crippen LogP contribution < -0.4 is 10.3 Å². The summed E-state index contributed by atoms with van der Waals surface area (Å²) in [6.07, 6.45) is -0.221. The number of nitrogens with one attached hydrogen (secondary N) is 1. The van der Waals surface area contributed by atoms with Crippen molar-refractivity contribution >= 4 is 50.5 Å². The third kappa shape index (κ3) is 3.48. The normalized spacial score (nSPS) is 14.1. The number of carbonyl (C=O) groups is 1. The van der Waals surface area contributed by atoms with Crippen molar-refractivity contribution in [3.05, 3.63) is 57.8 Å². The predicted octanol–water partition coefficient (Wildman–Crippen LogP) is 4.50. The van der Waals surface area contributed by atoms with E-state index in [1.54, 1.807) is 24.3 Å². The van der Waals surface area contributed by atoms with Gasteiger partial charge in [-0.05, 0) is 36.5 Å². The summed E-state index contributed by atoms with van der Waals surface area (Å²) in [5.41, 5.74) is -0.867. The van der Waals surface area contributed by atoms with E-state index in [1.165, 1.54) is 0 Å². The van der Waals surface area contributed by atoms with Gasteiger partial charge in [-0.3, -0.25) is 9.80 Å². The van der Waals surface area contributed by atoms with Crippen LogP contribution >= 0.6 is 28.1 Å². The molecule has 0 spiro atoms. The molecule has 2 aromatic rings. The number of amides is 1. The molecule has 0 atom stereocenters. The zero-order chi connectivity index (χ0) is 19.9. The smallest absolute Gasteiger partial charge is 0.247 e. The second-order valence-electron chi connectivity index (χ2n) is 5.43. The molecule has 1 saturated heterocycles. The molecule has 1 amide bonds. The molecule has 1 fully saturated rings. The van der Waals surface area contributed by atoms with Gasteiger partial charge in [0.15, 0.2) is 28.4 Å². The van der Waals surface area contributed by atoms with Gasteiger partial charge in [0.2, 0.25) is 11.7 Å². The van der Waals surface area contributed by atoms with Gasteiger partial charge in [-0.1, -0.05) is 15.9 Å². The van der Waals surface area contributed by atoms with Gasteiger partial charge in [-0.25, -0.2) is 27.0 Å². The van der Waals surface area contributed by atoms with Crippen molar-refractivity contribution in [3.8, 4) is 0 Å². The standard InChI is InChI=1S/C16H9BrF5N3OS/c17-7-1-3-8(4-2-7)23-16(27)24-6-5-9(26)25(24)15-13(21)11(19)10(18)12(20)14(15)22/h1-4H,5-6H2,(H,23,27). The Balaban J connectivity index is 1.98. The van der Waals surface area contributed by atoms with Crippen LogP contribution in [0.15, 0.2) is 28.7 Å². The Bertz CT molecular complexity index is 912. The highest BCUT2D eigenvalue weighted by molar-refractivity contribution is 9.10. The maximum absolute atomic E-state index is 14.1. The number of benzene rings is 2. The molecule has 0 bridgehead atoms. The molecule has 2 aromatic carbocycles. The first-order chi connectivity index (χ1) is 12.7. The van der Waals surface area contributed by atoms with Crippen molar-refractivity contribution in [2.45, 2.75) is 6.42 Å². The van der Waals surface area contributed by atoms with E-state index < -0.39 is 40.7 Å². The number of rotatable bonds is 2. The number of hydrazine groups is 1. The van der Waals surface area contributed by atoms with Crippen LogP contribution in [-0.2, 0) is 4.79 Å². The van der Waals surface area contributed by atoms with Gasteiger partial charge in [0.1, 0.15) is 5.69 Å². The maximum Gasteiger partial charge on any atom is 0.247 e. The number of hydrogen-bond donors (Lipinski definition) is 1. The minimum absolute atomic E-state index is 0.0965. The van der Waals surface area contributed by atoms with Gasteiger partial charge < -0.3 is 5.32 Å². The van der Waals surface area contributed by atoms with Gasteiger partial charge >= 0.3 is 0 Å². The molecule has 142 valence electrons. The average molecular weight is 466 g/mol. The van der Waals surface area contributed by atoms with Crippen molar-refractivity contribution in [1.29, 1.82) is 0 Å². The lowest BCUT2D eigenvalue weighted by Gasteiger charge is -2.30. The van der Waals surface area contributed by atoms with Crippen molar-refractivity contribution in [2.24, 2.45) is 0 Å². The van der Waals surface area contributed by atoms with Crippen LogP contribution in [0.25, 0.3) is 0 Å². The zero-order valence-electron chi connectivity index (χ0n) is 13.2. The summed E-state index contributed by atoms with van der Waals surface area (Å²) in [6, 6.07) is 6.66.